The van der Waals surface area contributed by atoms with Gasteiger partial charge in [0.05, 0.1) is 31.0 Å². The molecule has 3 unspecified atom stereocenters. The maximum Gasteiger partial charge on any atom is 0.197 e. The molecule has 1 aromatic rings. The second-order valence-electron chi connectivity index (χ2n) is 10.7. The molecule has 0 aromatic carbocycles. The number of rotatable bonds is 5. The van der Waals surface area contributed by atoms with Crippen LogP contribution in [0.2, 0.25) is 0 Å². The molecular formula is C25H37N3O3. The number of oxime groups is 1. The molecule has 5 rings (SSSR count). The number of nitrogens with two attached hydrogens (primary N) is 1. The Balaban J connectivity index is 1.24. The number of hydrogen-bond donors (Lipinski definition) is 2. The topological polar surface area (TPSA) is 93.9 Å². The molecule has 3 N–H and O–H groups in total. The van der Waals surface area contributed by atoms with Crippen LogP contribution in [0.25, 0.3) is 0 Å². The van der Waals surface area contributed by atoms with E-state index in [1.807, 2.05) is 0 Å². The maximum atomic E-state index is 10.6. The fourth-order valence-corrected chi connectivity index (χ4v) is 7.43. The molecule has 3 saturated carbocycles. The molecule has 4 aliphatic carbocycles. The summed E-state index contributed by atoms with van der Waals surface area (Å²) in [5.41, 5.74) is 8.64. The Morgan fingerprint density at radius 3 is 2.87 bits per heavy atom. The van der Waals surface area contributed by atoms with E-state index in [1.54, 1.807) is 11.8 Å². The molecule has 0 bridgehead atoms. The first-order valence-corrected chi connectivity index (χ1v) is 12.2. The Kier molecular flexibility index (Phi) is 5.50. The van der Waals surface area contributed by atoms with Crippen molar-refractivity contribution in [3.63, 3.8) is 0 Å². The number of nitrogens with zero attached hydrogens (tertiary/aromatic N) is 2. The highest BCUT2D eigenvalue weighted by Crippen LogP contribution is 2.65. The second kappa shape index (κ2) is 8.04. The number of aliphatic hydroxyl groups is 1. The van der Waals surface area contributed by atoms with Crippen LogP contribution in [0.4, 0.5) is 0 Å². The van der Waals surface area contributed by atoms with Gasteiger partial charge in [0.1, 0.15) is 12.4 Å². The Morgan fingerprint density at radius 1 is 1.19 bits per heavy atom. The largest absolute Gasteiger partial charge is 0.444 e. The van der Waals surface area contributed by atoms with Crippen molar-refractivity contribution in [1.82, 2.24) is 4.98 Å². The molecule has 1 aromatic heterocycles. The van der Waals surface area contributed by atoms with E-state index in [0.29, 0.717) is 37.1 Å². The van der Waals surface area contributed by atoms with Gasteiger partial charge in [-0.3, -0.25) is 0 Å². The number of hydrogen-bond acceptors (Lipinski definition) is 6. The monoisotopic (exact) mass is 427 g/mol. The highest BCUT2D eigenvalue weighted by molar-refractivity contribution is 5.96. The zero-order chi connectivity index (χ0) is 21.6. The zero-order valence-corrected chi connectivity index (χ0v) is 19.0. The third-order valence-electron chi connectivity index (χ3n) is 9.32. The number of oxazole rings is 1. The van der Waals surface area contributed by atoms with E-state index in [0.717, 1.165) is 43.2 Å². The number of allylic oxidation sites excluding steroid dienone is 2. The summed E-state index contributed by atoms with van der Waals surface area (Å²) in [6, 6.07) is 0. The molecule has 0 radical (unpaired) electrons. The normalized spacial score (nSPS) is 40.8. The lowest BCUT2D eigenvalue weighted by Crippen LogP contribution is -2.51. The van der Waals surface area contributed by atoms with Gasteiger partial charge in [0.15, 0.2) is 5.89 Å². The van der Waals surface area contributed by atoms with Crippen LogP contribution in [0.5, 0.6) is 0 Å². The quantitative estimate of drug-likeness (QED) is 0.537. The Labute approximate surface area is 185 Å². The molecule has 0 saturated heterocycles. The van der Waals surface area contributed by atoms with Gasteiger partial charge in [-0.2, -0.15) is 0 Å². The van der Waals surface area contributed by atoms with Crippen LogP contribution in [0.15, 0.2) is 27.4 Å². The van der Waals surface area contributed by atoms with Gasteiger partial charge in [-0.25, -0.2) is 4.98 Å². The molecule has 3 fully saturated rings. The average Bonchev–Trinajstić information content (AvgIpc) is 3.35. The van der Waals surface area contributed by atoms with Gasteiger partial charge in [-0.15, -0.1) is 0 Å². The smallest absolute Gasteiger partial charge is 0.197 e. The number of aliphatic hydroxyl groups excluding tert-OH is 1. The van der Waals surface area contributed by atoms with Gasteiger partial charge in [-0.05, 0) is 86.0 Å². The number of fused-ring (bicyclic) bond motifs is 5. The minimum Gasteiger partial charge on any atom is -0.444 e. The van der Waals surface area contributed by atoms with Crippen LogP contribution in [0.3, 0.4) is 0 Å². The summed E-state index contributed by atoms with van der Waals surface area (Å²) in [7, 11) is 0. The Morgan fingerprint density at radius 2 is 2.06 bits per heavy atom. The lowest BCUT2D eigenvalue weighted by molar-refractivity contribution is -0.0722. The predicted molar refractivity (Wildman–Crippen MR) is 119 cm³/mol. The van der Waals surface area contributed by atoms with Gasteiger partial charge >= 0.3 is 0 Å². The summed E-state index contributed by atoms with van der Waals surface area (Å²) < 4.78 is 5.51. The highest BCUT2D eigenvalue weighted by Gasteiger charge is 2.58. The number of aromatic nitrogens is 1. The summed E-state index contributed by atoms with van der Waals surface area (Å²) in [6.45, 7) is 5.68. The third kappa shape index (κ3) is 3.56. The van der Waals surface area contributed by atoms with Crippen molar-refractivity contribution < 1.29 is 14.4 Å². The van der Waals surface area contributed by atoms with Crippen LogP contribution in [0.1, 0.15) is 76.9 Å². The van der Waals surface area contributed by atoms with Crippen LogP contribution in [0, 0.1) is 28.6 Å². The fourth-order valence-electron chi connectivity index (χ4n) is 7.43. The van der Waals surface area contributed by atoms with Crippen LogP contribution < -0.4 is 5.73 Å². The summed E-state index contributed by atoms with van der Waals surface area (Å²) in [4.78, 5) is 9.81. The Bertz CT molecular complexity index is 877. The summed E-state index contributed by atoms with van der Waals surface area (Å²) in [5.74, 6) is 3.57. The van der Waals surface area contributed by atoms with E-state index >= 15 is 0 Å². The van der Waals surface area contributed by atoms with Gasteiger partial charge in [-0.1, -0.05) is 24.6 Å². The zero-order valence-electron chi connectivity index (χ0n) is 19.0. The molecule has 31 heavy (non-hydrogen) atoms. The molecule has 6 atom stereocenters. The predicted octanol–water partition coefficient (Wildman–Crippen LogP) is 4.37. The maximum absolute atomic E-state index is 10.6. The van der Waals surface area contributed by atoms with Crippen molar-refractivity contribution in [2.45, 2.75) is 84.3 Å². The summed E-state index contributed by atoms with van der Waals surface area (Å²) in [5, 5.41) is 15.1. The SMILES string of the molecule is C[C@]12CC/C(=N/OCCc3ncc(CN)o3)C=C1CCC1C2CC[C@@]2(C)C1CC[C@@H]2O. The van der Waals surface area contributed by atoms with Gasteiger partial charge in [0.25, 0.3) is 0 Å². The standard InChI is InChI=1S/C25H37N3O3/c1-24-10-7-17(28-30-12-9-23-27-15-18(14-26)31-23)13-16(24)3-4-19-20-5-6-22(29)25(20,2)11-8-21(19)24/h13,15,19-22,29H,3-12,14,26H2,1-2H3/b28-17-/t19?,20?,21?,22-,24-,25-/m0/s1. The van der Waals surface area contributed by atoms with Crippen molar-refractivity contribution >= 4 is 5.71 Å². The lowest BCUT2D eigenvalue weighted by Gasteiger charge is -2.57. The molecule has 0 aliphatic heterocycles. The molecule has 170 valence electrons. The molecule has 6 nitrogen and oxygen atoms in total. The van der Waals surface area contributed by atoms with Crippen molar-refractivity contribution in [3.05, 3.63) is 29.5 Å². The minimum atomic E-state index is -0.0938. The van der Waals surface area contributed by atoms with E-state index in [9.17, 15) is 5.11 Å². The first-order valence-electron chi connectivity index (χ1n) is 12.2. The summed E-state index contributed by atoms with van der Waals surface area (Å²) in [6.07, 6.45) is 13.7. The average molecular weight is 428 g/mol. The molecule has 6 heteroatoms. The van der Waals surface area contributed by atoms with Crippen molar-refractivity contribution in [2.24, 2.45) is 39.5 Å². The van der Waals surface area contributed by atoms with E-state index < -0.39 is 0 Å². The van der Waals surface area contributed by atoms with E-state index in [1.165, 1.54) is 25.7 Å². The third-order valence-corrected chi connectivity index (χ3v) is 9.32. The van der Waals surface area contributed by atoms with E-state index in [-0.39, 0.29) is 16.9 Å². The summed E-state index contributed by atoms with van der Waals surface area (Å²) >= 11 is 0. The second-order valence-corrected chi connectivity index (χ2v) is 10.7. The minimum absolute atomic E-state index is 0.0938. The van der Waals surface area contributed by atoms with Crippen LogP contribution >= 0.6 is 0 Å². The van der Waals surface area contributed by atoms with Gasteiger partial charge in [0.2, 0.25) is 0 Å². The van der Waals surface area contributed by atoms with Gasteiger partial charge in [0, 0.05) is 0 Å². The molecule has 0 amide bonds. The Hall–Kier alpha value is -1.66. The lowest BCUT2D eigenvalue weighted by atomic mass is 9.47. The van der Waals surface area contributed by atoms with Crippen LogP contribution in [-0.4, -0.2) is 28.5 Å². The van der Waals surface area contributed by atoms with Crippen molar-refractivity contribution in [1.29, 1.82) is 0 Å². The first kappa shape index (κ1) is 21.2. The molecule has 4 aliphatic rings. The van der Waals surface area contributed by atoms with Gasteiger partial charge < -0.3 is 20.1 Å². The van der Waals surface area contributed by atoms with Crippen LogP contribution in [-0.2, 0) is 17.8 Å². The first-order chi connectivity index (χ1) is 14.9. The molecule has 0 spiro atoms. The van der Waals surface area contributed by atoms with Crippen molar-refractivity contribution in [2.75, 3.05) is 6.61 Å². The fraction of sp³-hybridized carbons (Fsp3) is 0.760. The van der Waals surface area contributed by atoms with Crippen molar-refractivity contribution in [3.8, 4) is 0 Å². The highest BCUT2D eigenvalue weighted by atomic mass is 16.6. The van der Waals surface area contributed by atoms with E-state index in [4.69, 9.17) is 15.0 Å². The molecular weight excluding hydrogens is 390 g/mol. The molecule has 1 heterocycles. The van der Waals surface area contributed by atoms with E-state index in [2.05, 4.69) is 30.1 Å².